The molecule has 0 atom stereocenters. The summed E-state index contributed by atoms with van der Waals surface area (Å²) in [4.78, 5) is 17.0. The van der Waals surface area contributed by atoms with Gasteiger partial charge in [-0.1, -0.05) is 59.2 Å². The topological polar surface area (TPSA) is 54.3 Å². The van der Waals surface area contributed by atoms with Crippen molar-refractivity contribution in [3.05, 3.63) is 71.2 Å². The van der Waals surface area contributed by atoms with Gasteiger partial charge in [0.05, 0.1) is 10.8 Å². The summed E-state index contributed by atoms with van der Waals surface area (Å²) in [5.74, 6) is 1.02. The second kappa shape index (κ2) is 10.4. The van der Waals surface area contributed by atoms with E-state index >= 15 is 0 Å². The van der Waals surface area contributed by atoms with Crippen LogP contribution in [0.3, 0.4) is 0 Å². The van der Waals surface area contributed by atoms with Gasteiger partial charge in [0, 0.05) is 49.0 Å². The zero-order valence-corrected chi connectivity index (χ0v) is 19.8. The summed E-state index contributed by atoms with van der Waals surface area (Å²) < 4.78 is 1.91. The molecule has 1 saturated heterocycles. The molecular weight excluding hydrogens is 465 g/mol. The molecule has 2 heterocycles. The molecule has 32 heavy (non-hydrogen) atoms. The first-order valence-electron chi connectivity index (χ1n) is 10.3. The number of aromatic nitrogens is 3. The first kappa shape index (κ1) is 22.7. The van der Waals surface area contributed by atoms with Gasteiger partial charge in [0.1, 0.15) is 0 Å². The molecule has 0 aliphatic carbocycles. The fraction of sp³-hybridized carbons (Fsp3) is 0.261. The predicted molar refractivity (Wildman–Crippen MR) is 132 cm³/mol. The summed E-state index contributed by atoms with van der Waals surface area (Å²) in [6, 6.07) is 15.5. The number of para-hydroxylation sites is 1. The van der Waals surface area contributed by atoms with E-state index in [-0.39, 0.29) is 5.91 Å². The second-order valence-electron chi connectivity index (χ2n) is 7.32. The summed E-state index contributed by atoms with van der Waals surface area (Å²) in [5.41, 5.74) is 1.93. The van der Waals surface area contributed by atoms with Crippen LogP contribution in [0.25, 0.3) is 11.4 Å². The Morgan fingerprint density at radius 2 is 1.81 bits per heavy atom. The number of hydrogen-bond donors (Lipinski definition) is 0. The lowest BCUT2D eigenvalue weighted by Crippen LogP contribution is -2.49. The minimum absolute atomic E-state index is 0.0990. The van der Waals surface area contributed by atoms with Gasteiger partial charge in [-0.2, -0.15) is 0 Å². The molecule has 0 N–H and O–H groups in total. The van der Waals surface area contributed by atoms with Crippen molar-refractivity contribution in [3.8, 4) is 11.4 Å². The van der Waals surface area contributed by atoms with Crippen LogP contribution in [-0.4, -0.2) is 57.5 Å². The van der Waals surface area contributed by atoms with Gasteiger partial charge in [-0.15, -0.1) is 16.8 Å². The van der Waals surface area contributed by atoms with Gasteiger partial charge in [-0.3, -0.25) is 9.36 Å². The molecular formula is C23H23Cl2N5OS. The summed E-state index contributed by atoms with van der Waals surface area (Å²) in [6.45, 7) is 7.40. The van der Waals surface area contributed by atoms with E-state index in [0.29, 0.717) is 46.4 Å². The number of thioether (sulfide) groups is 1. The molecule has 6 nitrogen and oxygen atoms in total. The molecule has 1 fully saturated rings. The molecule has 166 valence electrons. The number of nitrogens with zero attached hydrogens (tertiary/aromatic N) is 5. The SMILES string of the molecule is C=CCn1c(SCC(=O)N2CCN(c3ccccc3)CC2)nnc1-c1ccc(Cl)cc1Cl. The predicted octanol–water partition coefficient (Wildman–Crippen LogP) is 4.88. The van der Waals surface area contributed by atoms with Crippen molar-refractivity contribution in [2.24, 2.45) is 0 Å². The van der Waals surface area contributed by atoms with E-state index < -0.39 is 0 Å². The van der Waals surface area contributed by atoms with Crippen LogP contribution in [0, 0.1) is 0 Å². The number of piperazine rings is 1. The number of hydrogen-bond acceptors (Lipinski definition) is 5. The Hall–Kier alpha value is -2.48. The largest absolute Gasteiger partial charge is 0.368 e. The lowest BCUT2D eigenvalue weighted by Gasteiger charge is -2.36. The molecule has 0 unspecified atom stereocenters. The smallest absolute Gasteiger partial charge is 0.233 e. The fourth-order valence-corrected chi connectivity index (χ4v) is 4.97. The van der Waals surface area contributed by atoms with Gasteiger partial charge >= 0.3 is 0 Å². The minimum atomic E-state index is 0.0990. The van der Waals surface area contributed by atoms with Crippen LogP contribution < -0.4 is 4.90 Å². The second-order valence-corrected chi connectivity index (χ2v) is 9.11. The maximum atomic E-state index is 12.8. The lowest BCUT2D eigenvalue weighted by atomic mass is 10.2. The van der Waals surface area contributed by atoms with Crippen LogP contribution in [-0.2, 0) is 11.3 Å². The average molecular weight is 488 g/mol. The van der Waals surface area contributed by atoms with E-state index in [4.69, 9.17) is 23.2 Å². The van der Waals surface area contributed by atoms with Crippen LogP contribution >= 0.6 is 35.0 Å². The Bertz CT molecular complexity index is 1100. The quantitative estimate of drug-likeness (QED) is 0.351. The van der Waals surface area contributed by atoms with Crippen LogP contribution in [0.5, 0.6) is 0 Å². The Morgan fingerprint density at radius 1 is 1.06 bits per heavy atom. The first-order chi connectivity index (χ1) is 15.6. The Kier molecular flexibility index (Phi) is 7.40. The third-order valence-electron chi connectivity index (χ3n) is 5.28. The van der Waals surface area contributed by atoms with Gasteiger partial charge < -0.3 is 9.80 Å². The fourth-order valence-electron chi connectivity index (χ4n) is 3.63. The number of amides is 1. The molecule has 0 radical (unpaired) electrons. The van der Waals surface area contributed by atoms with E-state index in [0.717, 1.165) is 18.7 Å². The van der Waals surface area contributed by atoms with E-state index in [9.17, 15) is 4.79 Å². The highest BCUT2D eigenvalue weighted by molar-refractivity contribution is 7.99. The maximum Gasteiger partial charge on any atom is 0.233 e. The zero-order valence-electron chi connectivity index (χ0n) is 17.5. The molecule has 3 aromatic rings. The highest BCUT2D eigenvalue weighted by Gasteiger charge is 2.23. The number of rotatable bonds is 7. The summed E-state index contributed by atoms with van der Waals surface area (Å²) in [7, 11) is 0. The molecule has 0 spiro atoms. The monoisotopic (exact) mass is 487 g/mol. The average Bonchev–Trinajstić information content (AvgIpc) is 3.20. The maximum absolute atomic E-state index is 12.8. The minimum Gasteiger partial charge on any atom is -0.368 e. The van der Waals surface area contributed by atoms with Crippen molar-refractivity contribution >= 4 is 46.6 Å². The highest BCUT2D eigenvalue weighted by Crippen LogP contribution is 2.31. The van der Waals surface area contributed by atoms with Crippen molar-refractivity contribution < 1.29 is 4.79 Å². The van der Waals surface area contributed by atoms with E-state index in [1.165, 1.54) is 17.4 Å². The molecule has 1 aliphatic rings. The molecule has 1 aliphatic heterocycles. The van der Waals surface area contributed by atoms with Gasteiger partial charge in [-0.25, -0.2) is 0 Å². The van der Waals surface area contributed by atoms with Crippen LogP contribution in [0.1, 0.15) is 0 Å². The molecule has 0 bridgehead atoms. The van der Waals surface area contributed by atoms with Crippen LogP contribution in [0.15, 0.2) is 66.3 Å². The standard InChI is InChI=1S/C23H23Cl2N5OS/c1-2-10-30-22(19-9-8-17(24)15-20(19)25)26-27-23(30)32-16-21(31)29-13-11-28(12-14-29)18-6-4-3-5-7-18/h2-9,15H,1,10-14,16H2. The van der Waals surface area contributed by atoms with Gasteiger partial charge in [0.2, 0.25) is 5.91 Å². The molecule has 9 heteroatoms. The summed E-state index contributed by atoms with van der Waals surface area (Å²) >= 11 is 13.8. The molecule has 4 rings (SSSR count). The number of anilines is 1. The van der Waals surface area contributed by atoms with Crippen LogP contribution in [0.4, 0.5) is 5.69 Å². The molecule has 1 amide bonds. The van der Waals surface area contributed by atoms with E-state index in [1.807, 2.05) is 33.7 Å². The van der Waals surface area contributed by atoms with E-state index in [2.05, 4.69) is 33.8 Å². The van der Waals surface area contributed by atoms with E-state index in [1.54, 1.807) is 18.2 Å². The number of halogens is 2. The van der Waals surface area contributed by atoms with Crippen molar-refractivity contribution in [2.45, 2.75) is 11.7 Å². The molecule has 0 saturated carbocycles. The Morgan fingerprint density at radius 3 is 2.50 bits per heavy atom. The summed E-state index contributed by atoms with van der Waals surface area (Å²) in [6.07, 6.45) is 1.77. The van der Waals surface area contributed by atoms with Gasteiger partial charge in [-0.05, 0) is 30.3 Å². The van der Waals surface area contributed by atoms with Crippen molar-refractivity contribution in [3.63, 3.8) is 0 Å². The lowest BCUT2D eigenvalue weighted by molar-refractivity contribution is -0.128. The number of carbonyl (C=O) groups excluding carboxylic acids is 1. The number of carbonyl (C=O) groups is 1. The normalized spacial score (nSPS) is 13.9. The number of allylic oxidation sites excluding steroid dienone is 1. The van der Waals surface area contributed by atoms with Crippen molar-refractivity contribution in [1.82, 2.24) is 19.7 Å². The molecule has 1 aromatic heterocycles. The first-order valence-corrected chi connectivity index (χ1v) is 12.0. The van der Waals surface area contributed by atoms with Crippen LogP contribution in [0.2, 0.25) is 10.0 Å². The Labute approximate surface area is 201 Å². The third-order valence-corrected chi connectivity index (χ3v) is 6.78. The number of benzene rings is 2. The highest BCUT2D eigenvalue weighted by atomic mass is 35.5. The van der Waals surface area contributed by atoms with Gasteiger partial charge in [0.25, 0.3) is 0 Å². The zero-order chi connectivity index (χ0) is 22.5. The molecule has 2 aromatic carbocycles. The van der Waals surface area contributed by atoms with Crippen molar-refractivity contribution in [1.29, 1.82) is 0 Å². The van der Waals surface area contributed by atoms with Gasteiger partial charge in [0.15, 0.2) is 11.0 Å². The summed E-state index contributed by atoms with van der Waals surface area (Å²) in [5, 5.41) is 10.3. The Balaban J connectivity index is 1.40. The van der Waals surface area contributed by atoms with Crippen molar-refractivity contribution in [2.75, 3.05) is 36.8 Å². The third kappa shape index (κ3) is 5.11.